The van der Waals surface area contributed by atoms with Gasteiger partial charge >= 0.3 is 5.97 Å². The molecule has 32 heavy (non-hydrogen) atoms. The lowest BCUT2D eigenvalue weighted by molar-refractivity contribution is -0.317. The van der Waals surface area contributed by atoms with Crippen molar-refractivity contribution in [3.05, 3.63) is 23.4 Å². The van der Waals surface area contributed by atoms with E-state index in [9.17, 15) is 30.3 Å². The summed E-state index contributed by atoms with van der Waals surface area (Å²) >= 11 is 0. The maximum Gasteiger partial charge on any atom is 0.335 e. The van der Waals surface area contributed by atoms with Crippen molar-refractivity contribution in [2.75, 3.05) is 26.9 Å². The first-order valence-corrected chi connectivity index (χ1v) is 10.8. The quantitative estimate of drug-likeness (QED) is 0.130. The molecule has 0 aromatic heterocycles. The Bertz CT molecular complexity index is 711. The highest BCUT2D eigenvalue weighted by atomic mass is 16.7. The molecule has 0 saturated carbocycles. The molecule has 2 aliphatic heterocycles. The van der Waals surface area contributed by atoms with Crippen LogP contribution in [0, 0.1) is 11.8 Å². The molecular formula is C21H33NO10. The fourth-order valence-corrected chi connectivity index (χ4v) is 4.42. The van der Waals surface area contributed by atoms with Gasteiger partial charge in [-0.3, -0.25) is 0 Å². The molecule has 9 atom stereocenters. The molecule has 0 aromatic rings. The van der Waals surface area contributed by atoms with Crippen LogP contribution < -0.4 is 5.32 Å². The van der Waals surface area contributed by atoms with Crippen LogP contribution in [0.15, 0.2) is 23.4 Å². The van der Waals surface area contributed by atoms with E-state index < -0.39 is 67.4 Å². The highest BCUT2D eigenvalue weighted by molar-refractivity contribution is 5.89. The van der Waals surface area contributed by atoms with E-state index in [4.69, 9.17) is 18.9 Å². The van der Waals surface area contributed by atoms with Crippen molar-refractivity contribution in [1.29, 1.82) is 0 Å². The minimum absolute atomic E-state index is 0.306. The Morgan fingerprint density at radius 2 is 1.91 bits per heavy atom. The van der Waals surface area contributed by atoms with E-state index in [1.165, 1.54) is 13.3 Å². The molecule has 1 fully saturated rings. The van der Waals surface area contributed by atoms with Gasteiger partial charge in [-0.25, -0.2) is 4.79 Å². The van der Waals surface area contributed by atoms with Crippen molar-refractivity contribution in [2.24, 2.45) is 11.8 Å². The molecule has 6 N–H and O–H groups in total. The third-order valence-electron chi connectivity index (χ3n) is 6.18. The number of nitrogens with one attached hydrogen (secondary N) is 1. The van der Waals surface area contributed by atoms with Crippen LogP contribution in [0.2, 0.25) is 0 Å². The van der Waals surface area contributed by atoms with Gasteiger partial charge in [0.05, 0.1) is 32.0 Å². The van der Waals surface area contributed by atoms with Gasteiger partial charge in [0.25, 0.3) is 0 Å². The van der Waals surface area contributed by atoms with Crippen molar-refractivity contribution >= 4 is 5.97 Å². The monoisotopic (exact) mass is 459 g/mol. The summed E-state index contributed by atoms with van der Waals surface area (Å²) in [6, 6.07) is 0. The van der Waals surface area contributed by atoms with Crippen molar-refractivity contribution < 1.29 is 49.3 Å². The fraction of sp³-hybridized carbons (Fsp3) is 0.762. The number of carbonyl (C=O) groups excluding carboxylic acids is 1. The van der Waals surface area contributed by atoms with Crippen LogP contribution in [-0.2, 0) is 23.7 Å². The minimum Gasteiger partial charge on any atom is -0.466 e. The SMILES string of the molecule is CCCCO[C@H]1C=C(CO)[C@@H]2[C@H]1C(C(=O)OC)=CN[C@H]2O[C@@H]1O[C@H](CO)[C@H](O)[C@@H](O)[C@H]1O. The molecule has 182 valence electrons. The molecular weight excluding hydrogens is 426 g/mol. The molecule has 1 saturated heterocycles. The topological polar surface area (TPSA) is 167 Å². The first kappa shape index (κ1) is 25.1. The minimum atomic E-state index is -1.59. The van der Waals surface area contributed by atoms with Crippen LogP contribution in [0.3, 0.4) is 0 Å². The number of fused-ring (bicyclic) bond motifs is 1. The average Bonchev–Trinajstić information content (AvgIpc) is 3.18. The lowest BCUT2D eigenvalue weighted by Gasteiger charge is -2.43. The van der Waals surface area contributed by atoms with Crippen LogP contribution in [0.4, 0.5) is 0 Å². The van der Waals surface area contributed by atoms with E-state index in [1.54, 1.807) is 6.08 Å². The number of aliphatic hydroxyl groups excluding tert-OH is 5. The summed E-state index contributed by atoms with van der Waals surface area (Å²) in [5, 5.41) is 52.7. The molecule has 3 aliphatic rings. The molecule has 0 bridgehead atoms. The van der Waals surface area contributed by atoms with Crippen molar-refractivity contribution in [3.8, 4) is 0 Å². The highest BCUT2D eigenvalue weighted by Gasteiger charge is 2.51. The zero-order valence-electron chi connectivity index (χ0n) is 18.2. The Labute approximate surface area is 186 Å². The van der Waals surface area contributed by atoms with E-state index >= 15 is 0 Å². The molecule has 0 spiro atoms. The van der Waals surface area contributed by atoms with Crippen LogP contribution >= 0.6 is 0 Å². The lowest BCUT2D eigenvalue weighted by atomic mass is 9.80. The molecule has 1 aliphatic carbocycles. The maximum atomic E-state index is 12.4. The summed E-state index contributed by atoms with van der Waals surface area (Å²) in [5.74, 6) is -1.62. The molecule has 0 aromatic carbocycles. The highest BCUT2D eigenvalue weighted by Crippen LogP contribution is 2.44. The van der Waals surface area contributed by atoms with Gasteiger partial charge in [0, 0.05) is 24.6 Å². The Hall–Kier alpha value is -1.57. The molecule has 2 heterocycles. The second-order valence-corrected chi connectivity index (χ2v) is 8.15. The third kappa shape index (κ3) is 4.85. The van der Waals surface area contributed by atoms with Gasteiger partial charge < -0.3 is 49.8 Å². The Kier molecular flexibility index (Phi) is 8.64. The largest absolute Gasteiger partial charge is 0.466 e. The molecule has 3 rings (SSSR count). The average molecular weight is 459 g/mol. The van der Waals surface area contributed by atoms with E-state index in [0.717, 1.165) is 12.8 Å². The first-order chi connectivity index (χ1) is 15.4. The summed E-state index contributed by atoms with van der Waals surface area (Å²) in [7, 11) is 1.27. The standard InChI is InChI=1S/C21H33NO10/c1-3-4-5-30-12-6-10(8-23)14-15(12)11(20(28)29-2)7-22-19(14)32-21-18(27)17(26)16(25)13(9-24)31-21/h6-7,12-19,21-27H,3-5,8-9H2,1-2H3/t12-,13+,14+,15-,16-,17+,18+,19-,21-/m0/s1. The predicted molar refractivity (Wildman–Crippen MR) is 109 cm³/mol. The summed E-state index contributed by atoms with van der Waals surface area (Å²) in [5.41, 5.74) is 0.903. The predicted octanol–water partition coefficient (Wildman–Crippen LogP) is -1.86. The van der Waals surface area contributed by atoms with E-state index in [1.807, 2.05) is 6.92 Å². The van der Waals surface area contributed by atoms with E-state index in [-0.39, 0.29) is 6.61 Å². The van der Waals surface area contributed by atoms with Gasteiger partial charge in [-0.05, 0) is 12.0 Å². The first-order valence-electron chi connectivity index (χ1n) is 10.8. The van der Waals surface area contributed by atoms with Crippen LogP contribution in [0.5, 0.6) is 0 Å². The number of methoxy groups -OCH3 is 1. The maximum absolute atomic E-state index is 12.4. The molecule has 0 radical (unpaired) electrons. The third-order valence-corrected chi connectivity index (χ3v) is 6.18. The molecule has 0 unspecified atom stereocenters. The van der Waals surface area contributed by atoms with E-state index in [2.05, 4.69) is 5.32 Å². The molecule has 11 heteroatoms. The Morgan fingerprint density at radius 3 is 2.53 bits per heavy atom. The Balaban J connectivity index is 1.85. The lowest BCUT2D eigenvalue weighted by Crippen LogP contribution is -2.61. The zero-order chi connectivity index (χ0) is 23.4. The molecule has 11 nitrogen and oxygen atoms in total. The van der Waals surface area contributed by atoms with Crippen molar-refractivity contribution in [3.63, 3.8) is 0 Å². The number of hydrogen-bond donors (Lipinski definition) is 6. The van der Waals surface area contributed by atoms with Gasteiger partial charge in [-0.15, -0.1) is 0 Å². The number of unbranched alkanes of at least 4 members (excludes halogenated alkanes) is 1. The van der Waals surface area contributed by atoms with Crippen LogP contribution in [-0.4, -0.2) is 101 Å². The number of esters is 1. The number of ether oxygens (including phenoxy) is 4. The number of rotatable bonds is 9. The summed E-state index contributed by atoms with van der Waals surface area (Å²) < 4.78 is 22.3. The Morgan fingerprint density at radius 1 is 1.16 bits per heavy atom. The summed E-state index contributed by atoms with van der Waals surface area (Å²) in [6.45, 7) is 1.61. The number of carbonyl (C=O) groups is 1. The summed E-state index contributed by atoms with van der Waals surface area (Å²) in [4.78, 5) is 12.4. The number of aliphatic hydroxyl groups is 5. The normalized spacial score (nSPS) is 39.0. The van der Waals surface area contributed by atoms with Crippen LogP contribution in [0.1, 0.15) is 19.8 Å². The van der Waals surface area contributed by atoms with Crippen LogP contribution in [0.25, 0.3) is 0 Å². The fourth-order valence-electron chi connectivity index (χ4n) is 4.42. The molecule has 0 amide bonds. The van der Waals surface area contributed by atoms with Gasteiger partial charge in [0.2, 0.25) is 0 Å². The van der Waals surface area contributed by atoms with Gasteiger partial charge in [0.15, 0.2) is 6.29 Å². The van der Waals surface area contributed by atoms with Crippen molar-refractivity contribution in [1.82, 2.24) is 5.32 Å². The van der Waals surface area contributed by atoms with Gasteiger partial charge in [0.1, 0.15) is 30.6 Å². The zero-order valence-corrected chi connectivity index (χ0v) is 18.2. The van der Waals surface area contributed by atoms with E-state index in [0.29, 0.717) is 17.8 Å². The second-order valence-electron chi connectivity index (χ2n) is 8.15. The number of hydrogen-bond acceptors (Lipinski definition) is 11. The summed E-state index contributed by atoms with van der Waals surface area (Å²) in [6.07, 6.45) is -3.58. The smallest absolute Gasteiger partial charge is 0.335 e. The van der Waals surface area contributed by atoms with Gasteiger partial charge in [-0.1, -0.05) is 19.4 Å². The van der Waals surface area contributed by atoms with Gasteiger partial charge in [-0.2, -0.15) is 0 Å². The second kappa shape index (κ2) is 11.0. The van der Waals surface area contributed by atoms with Crippen molar-refractivity contribution in [2.45, 2.75) is 62.8 Å².